The highest BCUT2D eigenvalue weighted by atomic mass is 79.9. The van der Waals surface area contributed by atoms with Crippen LogP contribution in [0.25, 0.3) is 0 Å². The highest BCUT2D eigenvalue weighted by Gasteiger charge is 2.31. The minimum atomic E-state index is -4.71. The van der Waals surface area contributed by atoms with E-state index in [4.69, 9.17) is 5.73 Å². The number of hydrogen-bond acceptors (Lipinski definition) is 2. The molecule has 0 saturated carbocycles. The number of hydrogen-bond donors (Lipinski definition) is 1. The third-order valence-electron chi connectivity index (χ3n) is 1.46. The Bertz CT molecular complexity index is 327. The van der Waals surface area contributed by atoms with Crippen molar-refractivity contribution in [3.05, 3.63) is 23.8 Å². The van der Waals surface area contributed by atoms with Gasteiger partial charge in [0.05, 0.1) is 5.69 Å². The Labute approximate surface area is 87.0 Å². The second-order valence-corrected chi connectivity index (χ2v) is 3.11. The molecule has 1 aromatic carbocycles. The summed E-state index contributed by atoms with van der Waals surface area (Å²) in [5.74, 6) is -0.366. The average molecular weight is 270 g/mol. The second kappa shape index (κ2) is 4.08. The molecular weight excluding hydrogens is 263 g/mol. The molecule has 0 aliphatic rings. The molecule has 78 valence electrons. The van der Waals surface area contributed by atoms with Gasteiger partial charge < -0.3 is 10.5 Å². The van der Waals surface area contributed by atoms with E-state index in [1.54, 1.807) is 6.07 Å². The molecule has 0 amide bonds. The number of ether oxygens (including phenoxy) is 1. The Morgan fingerprint density at radius 3 is 2.50 bits per heavy atom. The van der Waals surface area contributed by atoms with Gasteiger partial charge in [-0.15, -0.1) is 13.2 Å². The minimum Gasteiger partial charge on any atom is -0.404 e. The first-order valence-electron chi connectivity index (χ1n) is 3.62. The van der Waals surface area contributed by atoms with Crippen LogP contribution in [0.1, 0.15) is 5.56 Å². The average Bonchev–Trinajstić information content (AvgIpc) is 2.06. The maximum atomic E-state index is 11.9. The van der Waals surface area contributed by atoms with Gasteiger partial charge in [0.1, 0.15) is 0 Å². The largest absolute Gasteiger partial charge is 0.573 e. The molecule has 0 heterocycles. The fraction of sp³-hybridized carbons (Fsp3) is 0.250. The molecule has 0 radical (unpaired) electrons. The first-order chi connectivity index (χ1) is 6.42. The Morgan fingerprint density at radius 1 is 1.36 bits per heavy atom. The summed E-state index contributed by atoms with van der Waals surface area (Å²) in [5.41, 5.74) is 5.94. The normalized spacial score (nSPS) is 11.4. The molecule has 0 fully saturated rings. The van der Waals surface area contributed by atoms with Crippen molar-refractivity contribution in [2.75, 3.05) is 5.73 Å². The Hall–Kier alpha value is -0.910. The number of rotatable bonds is 2. The highest BCUT2D eigenvalue weighted by molar-refractivity contribution is 9.08. The molecule has 0 unspecified atom stereocenters. The van der Waals surface area contributed by atoms with E-state index in [1.807, 2.05) is 0 Å². The molecule has 0 saturated heterocycles. The van der Waals surface area contributed by atoms with Gasteiger partial charge in [-0.2, -0.15) is 0 Å². The fourth-order valence-electron chi connectivity index (χ4n) is 0.875. The van der Waals surface area contributed by atoms with Gasteiger partial charge in [0.25, 0.3) is 0 Å². The number of benzene rings is 1. The monoisotopic (exact) mass is 269 g/mol. The van der Waals surface area contributed by atoms with Gasteiger partial charge in [-0.1, -0.05) is 22.0 Å². The molecule has 1 rings (SSSR count). The molecule has 0 aliphatic carbocycles. The van der Waals surface area contributed by atoms with Crippen LogP contribution in [0.2, 0.25) is 0 Å². The summed E-state index contributed by atoms with van der Waals surface area (Å²) in [6.45, 7) is 0. The van der Waals surface area contributed by atoms with Crippen LogP contribution >= 0.6 is 15.9 Å². The number of alkyl halides is 4. The van der Waals surface area contributed by atoms with Crippen molar-refractivity contribution < 1.29 is 17.9 Å². The maximum absolute atomic E-state index is 11.9. The smallest absolute Gasteiger partial charge is 0.404 e. The first kappa shape index (κ1) is 11.2. The predicted molar refractivity (Wildman–Crippen MR) is 50.2 cm³/mol. The van der Waals surface area contributed by atoms with Gasteiger partial charge in [-0.3, -0.25) is 0 Å². The quantitative estimate of drug-likeness (QED) is 0.662. The second-order valence-electron chi connectivity index (χ2n) is 2.55. The van der Waals surface area contributed by atoms with E-state index in [0.717, 1.165) is 0 Å². The van der Waals surface area contributed by atoms with Crippen LogP contribution in [-0.4, -0.2) is 6.36 Å². The molecule has 0 aliphatic heterocycles. The Morgan fingerprint density at radius 2 is 2.00 bits per heavy atom. The van der Waals surface area contributed by atoms with Crippen molar-refractivity contribution in [2.45, 2.75) is 11.7 Å². The van der Waals surface area contributed by atoms with E-state index in [0.29, 0.717) is 10.9 Å². The topological polar surface area (TPSA) is 35.2 Å². The Kier molecular flexibility index (Phi) is 3.25. The molecule has 2 nitrogen and oxygen atoms in total. The SMILES string of the molecule is Nc1ccc(CBr)cc1OC(F)(F)F. The van der Waals surface area contributed by atoms with Crippen LogP contribution in [0, 0.1) is 0 Å². The van der Waals surface area contributed by atoms with E-state index in [2.05, 4.69) is 20.7 Å². The predicted octanol–water partition coefficient (Wildman–Crippen LogP) is 3.06. The summed E-state index contributed by atoms with van der Waals surface area (Å²) in [5, 5.41) is 0.446. The molecule has 0 aromatic heterocycles. The fourth-order valence-corrected chi connectivity index (χ4v) is 1.22. The minimum absolute atomic E-state index is 0.0352. The summed E-state index contributed by atoms with van der Waals surface area (Å²) in [6.07, 6.45) is -4.71. The van der Waals surface area contributed by atoms with Gasteiger partial charge in [0.15, 0.2) is 5.75 Å². The first-order valence-corrected chi connectivity index (χ1v) is 4.74. The lowest BCUT2D eigenvalue weighted by atomic mass is 10.2. The molecule has 14 heavy (non-hydrogen) atoms. The van der Waals surface area contributed by atoms with Crippen molar-refractivity contribution in [2.24, 2.45) is 0 Å². The summed E-state index contributed by atoms with van der Waals surface area (Å²) >= 11 is 3.12. The van der Waals surface area contributed by atoms with E-state index in [-0.39, 0.29) is 11.4 Å². The molecule has 0 spiro atoms. The molecule has 0 bridgehead atoms. The van der Waals surface area contributed by atoms with Crippen LogP contribution in [0.15, 0.2) is 18.2 Å². The number of nitrogens with two attached hydrogens (primary N) is 1. The zero-order valence-corrected chi connectivity index (χ0v) is 8.52. The van der Waals surface area contributed by atoms with Gasteiger partial charge in [-0.05, 0) is 17.7 Å². The Balaban J connectivity index is 2.95. The zero-order chi connectivity index (χ0) is 10.8. The molecule has 6 heteroatoms. The summed E-state index contributed by atoms with van der Waals surface area (Å²) in [6, 6.07) is 4.24. The zero-order valence-electron chi connectivity index (χ0n) is 6.94. The standard InChI is InChI=1S/C8H7BrF3NO/c9-4-5-1-2-6(13)7(3-5)14-8(10,11)12/h1-3H,4,13H2. The van der Waals surface area contributed by atoms with Crippen molar-refractivity contribution in [1.29, 1.82) is 0 Å². The molecule has 2 N–H and O–H groups in total. The summed E-state index contributed by atoms with van der Waals surface area (Å²) in [4.78, 5) is 0. The van der Waals surface area contributed by atoms with Gasteiger partial charge in [0.2, 0.25) is 0 Å². The van der Waals surface area contributed by atoms with Crippen LogP contribution in [0.3, 0.4) is 0 Å². The van der Waals surface area contributed by atoms with E-state index in [9.17, 15) is 13.2 Å². The van der Waals surface area contributed by atoms with Crippen molar-refractivity contribution in [3.63, 3.8) is 0 Å². The van der Waals surface area contributed by atoms with E-state index in [1.165, 1.54) is 12.1 Å². The molecular formula is C8H7BrF3NO. The van der Waals surface area contributed by atoms with Crippen molar-refractivity contribution >= 4 is 21.6 Å². The van der Waals surface area contributed by atoms with E-state index < -0.39 is 6.36 Å². The lowest BCUT2D eigenvalue weighted by Gasteiger charge is -2.11. The van der Waals surface area contributed by atoms with Crippen LogP contribution < -0.4 is 10.5 Å². The van der Waals surface area contributed by atoms with Crippen LogP contribution in [0.5, 0.6) is 5.75 Å². The number of anilines is 1. The van der Waals surface area contributed by atoms with Crippen molar-refractivity contribution in [3.8, 4) is 5.75 Å². The maximum Gasteiger partial charge on any atom is 0.573 e. The summed E-state index contributed by atoms with van der Waals surface area (Å²) < 4.78 is 39.3. The van der Waals surface area contributed by atoms with Crippen LogP contribution in [-0.2, 0) is 5.33 Å². The number of halogens is 4. The third kappa shape index (κ3) is 3.10. The van der Waals surface area contributed by atoms with E-state index >= 15 is 0 Å². The van der Waals surface area contributed by atoms with Gasteiger partial charge in [-0.25, -0.2) is 0 Å². The summed E-state index contributed by atoms with van der Waals surface area (Å²) in [7, 11) is 0. The number of nitrogen functional groups attached to an aromatic ring is 1. The lowest BCUT2D eigenvalue weighted by Crippen LogP contribution is -2.18. The van der Waals surface area contributed by atoms with Crippen molar-refractivity contribution in [1.82, 2.24) is 0 Å². The van der Waals surface area contributed by atoms with Gasteiger partial charge >= 0.3 is 6.36 Å². The van der Waals surface area contributed by atoms with Crippen LogP contribution in [0.4, 0.5) is 18.9 Å². The lowest BCUT2D eigenvalue weighted by molar-refractivity contribution is -0.274. The highest BCUT2D eigenvalue weighted by Crippen LogP contribution is 2.29. The third-order valence-corrected chi connectivity index (χ3v) is 2.11. The molecule has 0 atom stereocenters. The molecule has 1 aromatic rings. The van der Waals surface area contributed by atoms with Gasteiger partial charge in [0, 0.05) is 5.33 Å².